The molecular weight excluding hydrogens is 286 g/mol. The molecule has 0 aliphatic heterocycles. The normalized spacial score (nSPS) is 14.0. The van der Waals surface area contributed by atoms with Crippen LogP contribution in [0.25, 0.3) is 0 Å². The number of carbonyl (C=O) groups is 1. The van der Waals surface area contributed by atoms with Crippen molar-refractivity contribution in [1.29, 1.82) is 0 Å². The highest BCUT2D eigenvalue weighted by Crippen LogP contribution is 2.23. The number of hydrogen-bond acceptors (Lipinski definition) is 5. The van der Waals surface area contributed by atoms with E-state index in [1.807, 2.05) is 26.0 Å². The van der Waals surface area contributed by atoms with Crippen molar-refractivity contribution in [3.63, 3.8) is 0 Å². The Kier molecular flexibility index (Phi) is 3.88. The van der Waals surface area contributed by atoms with Gasteiger partial charge in [0, 0.05) is 11.7 Å². The van der Waals surface area contributed by atoms with Crippen molar-refractivity contribution in [3.05, 3.63) is 39.6 Å². The quantitative estimate of drug-likeness (QED) is 0.922. The number of amides is 1. The van der Waals surface area contributed by atoms with Crippen LogP contribution in [0.2, 0.25) is 0 Å². The van der Waals surface area contributed by atoms with E-state index in [-0.39, 0.29) is 5.91 Å². The third kappa shape index (κ3) is 3.58. The van der Waals surface area contributed by atoms with Gasteiger partial charge in [-0.15, -0.1) is 11.3 Å². The number of rotatable bonds is 5. The molecule has 110 valence electrons. The van der Waals surface area contributed by atoms with Gasteiger partial charge in [-0.05, 0) is 38.8 Å². The Morgan fingerprint density at radius 1 is 1.43 bits per heavy atom. The van der Waals surface area contributed by atoms with Crippen molar-refractivity contribution in [3.8, 4) is 5.75 Å². The van der Waals surface area contributed by atoms with E-state index in [0.717, 1.165) is 29.2 Å². The summed E-state index contributed by atoms with van der Waals surface area (Å²) >= 11 is 1.39. The predicted octanol–water partition coefficient (Wildman–Crippen LogP) is 2.63. The summed E-state index contributed by atoms with van der Waals surface area (Å²) in [5, 5.41) is 3.79. The molecule has 1 N–H and O–H groups in total. The van der Waals surface area contributed by atoms with E-state index in [1.54, 1.807) is 6.20 Å². The van der Waals surface area contributed by atoms with E-state index in [4.69, 9.17) is 4.74 Å². The van der Waals surface area contributed by atoms with Gasteiger partial charge in [0.1, 0.15) is 22.2 Å². The average molecular weight is 303 g/mol. The van der Waals surface area contributed by atoms with Crippen LogP contribution >= 0.6 is 11.3 Å². The van der Waals surface area contributed by atoms with Gasteiger partial charge >= 0.3 is 0 Å². The van der Waals surface area contributed by atoms with Gasteiger partial charge in [-0.3, -0.25) is 9.78 Å². The lowest BCUT2D eigenvalue weighted by molar-refractivity contribution is 0.0954. The molecule has 1 amide bonds. The number of hydrogen-bond donors (Lipinski definition) is 1. The van der Waals surface area contributed by atoms with Crippen LogP contribution in [0, 0.1) is 13.8 Å². The van der Waals surface area contributed by atoms with Gasteiger partial charge in [-0.25, -0.2) is 4.98 Å². The van der Waals surface area contributed by atoms with Crippen LogP contribution in [0.5, 0.6) is 5.75 Å². The minimum atomic E-state index is -0.0178. The molecule has 5 nitrogen and oxygen atoms in total. The molecule has 1 aliphatic carbocycles. The number of thiazole rings is 1. The highest BCUT2D eigenvalue weighted by Gasteiger charge is 2.25. The maximum Gasteiger partial charge on any atom is 0.263 e. The largest absolute Gasteiger partial charge is 0.485 e. The summed E-state index contributed by atoms with van der Waals surface area (Å²) in [5.74, 6) is 0.688. The Labute approximate surface area is 127 Å². The Bertz CT molecular complexity index is 647. The molecule has 1 aliphatic rings. The van der Waals surface area contributed by atoms with Gasteiger partial charge in [-0.2, -0.15) is 0 Å². The minimum absolute atomic E-state index is 0.0178. The lowest BCUT2D eigenvalue weighted by Crippen LogP contribution is -2.25. The molecular formula is C15H17N3O2S. The Balaban J connectivity index is 1.63. The summed E-state index contributed by atoms with van der Waals surface area (Å²) in [7, 11) is 0. The maximum atomic E-state index is 12.0. The summed E-state index contributed by atoms with van der Waals surface area (Å²) in [6.07, 6.45) is 3.86. The molecule has 0 radical (unpaired) electrons. The second-order valence-corrected chi connectivity index (χ2v) is 6.28. The first-order valence-electron chi connectivity index (χ1n) is 6.94. The fourth-order valence-electron chi connectivity index (χ4n) is 1.89. The molecule has 6 heteroatoms. The van der Waals surface area contributed by atoms with E-state index in [2.05, 4.69) is 15.3 Å². The van der Waals surface area contributed by atoms with Crippen molar-refractivity contribution in [2.75, 3.05) is 0 Å². The summed E-state index contributed by atoms with van der Waals surface area (Å²) in [4.78, 5) is 21.3. The average Bonchev–Trinajstić information content (AvgIpc) is 3.19. The van der Waals surface area contributed by atoms with Crippen LogP contribution in [-0.2, 0) is 6.61 Å². The highest BCUT2D eigenvalue weighted by molar-refractivity contribution is 7.13. The van der Waals surface area contributed by atoms with Crippen molar-refractivity contribution in [2.45, 2.75) is 39.3 Å². The summed E-state index contributed by atoms with van der Waals surface area (Å²) in [6, 6.07) is 4.14. The van der Waals surface area contributed by atoms with Gasteiger partial charge in [0.05, 0.1) is 11.9 Å². The van der Waals surface area contributed by atoms with Crippen LogP contribution in [0.15, 0.2) is 18.3 Å². The van der Waals surface area contributed by atoms with Crippen molar-refractivity contribution in [2.24, 2.45) is 0 Å². The van der Waals surface area contributed by atoms with Crippen molar-refractivity contribution in [1.82, 2.24) is 15.3 Å². The van der Waals surface area contributed by atoms with E-state index < -0.39 is 0 Å². The van der Waals surface area contributed by atoms with Crippen molar-refractivity contribution < 1.29 is 9.53 Å². The first-order valence-corrected chi connectivity index (χ1v) is 7.76. The van der Waals surface area contributed by atoms with E-state index in [1.165, 1.54) is 11.3 Å². The summed E-state index contributed by atoms with van der Waals surface area (Å²) in [6.45, 7) is 4.14. The molecule has 3 rings (SSSR count). The number of nitrogens with zero attached hydrogens (tertiary/aromatic N) is 2. The van der Waals surface area contributed by atoms with Gasteiger partial charge in [0.25, 0.3) is 5.91 Å². The number of pyridine rings is 1. The van der Waals surface area contributed by atoms with Crippen molar-refractivity contribution >= 4 is 17.2 Å². The third-order valence-electron chi connectivity index (χ3n) is 3.21. The monoisotopic (exact) mass is 303 g/mol. The molecule has 1 fully saturated rings. The predicted molar refractivity (Wildman–Crippen MR) is 80.6 cm³/mol. The molecule has 2 aromatic rings. The van der Waals surface area contributed by atoms with Crippen LogP contribution in [-0.4, -0.2) is 21.9 Å². The highest BCUT2D eigenvalue weighted by atomic mass is 32.1. The van der Waals surface area contributed by atoms with E-state index in [0.29, 0.717) is 23.3 Å². The zero-order valence-electron chi connectivity index (χ0n) is 12.0. The second-order valence-electron chi connectivity index (χ2n) is 5.19. The fourth-order valence-corrected chi connectivity index (χ4v) is 2.77. The number of nitrogens with one attached hydrogen (secondary N) is 1. The Morgan fingerprint density at radius 3 is 2.90 bits per heavy atom. The molecule has 0 spiro atoms. The SMILES string of the molecule is Cc1ccc(OCc2nc(C)c(C(=O)NC3CC3)s2)cn1. The van der Waals surface area contributed by atoms with Crippen LogP contribution in [0.3, 0.4) is 0 Å². The molecule has 0 saturated heterocycles. The molecule has 0 bridgehead atoms. The smallest absolute Gasteiger partial charge is 0.263 e. The molecule has 0 atom stereocenters. The molecule has 21 heavy (non-hydrogen) atoms. The van der Waals surface area contributed by atoms with Gasteiger partial charge in [-0.1, -0.05) is 0 Å². The Hall–Kier alpha value is -1.95. The lowest BCUT2D eigenvalue weighted by Gasteiger charge is -2.03. The molecule has 1 saturated carbocycles. The second kappa shape index (κ2) is 5.81. The standard InChI is InChI=1S/C15H17N3O2S/c1-9-3-6-12(7-16-9)20-8-13-17-10(2)14(21-13)15(19)18-11-4-5-11/h3,6-7,11H,4-5,8H2,1-2H3,(H,18,19). The van der Waals surface area contributed by atoms with Gasteiger partial charge in [0.2, 0.25) is 0 Å². The third-order valence-corrected chi connectivity index (χ3v) is 4.34. The van der Waals surface area contributed by atoms with Gasteiger partial charge in [0.15, 0.2) is 0 Å². The zero-order chi connectivity index (χ0) is 14.8. The molecule has 2 aromatic heterocycles. The molecule has 0 aromatic carbocycles. The first-order chi connectivity index (χ1) is 10.1. The van der Waals surface area contributed by atoms with Crippen LogP contribution < -0.4 is 10.1 Å². The Morgan fingerprint density at radius 2 is 2.24 bits per heavy atom. The maximum absolute atomic E-state index is 12.0. The topological polar surface area (TPSA) is 64.1 Å². The number of aryl methyl sites for hydroxylation is 2. The van der Waals surface area contributed by atoms with Gasteiger partial charge < -0.3 is 10.1 Å². The number of carbonyl (C=O) groups excluding carboxylic acids is 1. The zero-order valence-corrected chi connectivity index (χ0v) is 12.9. The number of aromatic nitrogens is 2. The first kappa shape index (κ1) is 14.0. The number of ether oxygens (including phenoxy) is 1. The van der Waals surface area contributed by atoms with E-state index >= 15 is 0 Å². The van der Waals surface area contributed by atoms with Crippen LogP contribution in [0.4, 0.5) is 0 Å². The molecule has 2 heterocycles. The van der Waals surface area contributed by atoms with E-state index in [9.17, 15) is 4.79 Å². The minimum Gasteiger partial charge on any atom is -0.485 e. The fraction of sp³-hybridized carbons (Fsp3) is 0.400. The molecule has 0 unspecified atom stereocenters. The van der Waals surface area contributed by atoms with Crippen LogP contribution in [0.1, 0.15) is 38.9 Å². The lowest BCUT2D eigenvalue weighted by atomic mass is 10.3. The summed E-state index contributed by atoms with van der Waals surface area (Å²) in [5.41, 5.74) is 1.71. The summed E-state index contributed by atoms with van der Waals surface area (Å²) < 4.78 is 5.64.